The summed E-state index contributed by atoms with van der Waals surface area (Å²) in [6.45, 7) is 3.59. The van der Waals surface area contributed by atoms with Crippen molar-refractivity contribution >= 4 is 5.97 Å². The third-order valence-corrected chi connectivity index (χ3v) is 1.52. The molecule has 0 bridgehead atoms. The second kappa shape index (κ2) is 3.76. The number of carbonyl (C=O) groups excluding carboxylic acids is 1. The van der Waals surface area contributed by atoms with Crippen molar-refractivity contribution in [2.75, 3.05) is 7.11 Å². The van der Waals surface area contributed by atoms with Crippen LogP contribution in [-0.4, -0.2) is 18.1 Å². The molecule has 0 atom stereocenters. The molecule has 0 aliphatic carbocycles. The lowest BCUT2D eigenvalue weighted by Crippen LogP contribution is -2.01. The van der Waals surface area contributed by atoms with Crippen LogP contribution in [0.25, 0.3) is 0 Å². The molecule has 0 fully saturated rings. The van der Waals surface area contributed by atoms with Crippen LogP contribution in [0.5, 0.6) is 0 Å². The summed E-state index contributed by atoms with van der Waals surface area (Å²) in [6.07, 6.45) is 2.50. The van der Waals surface area contributed by atoms with Crippen molar-refractivity contribution in [1.82, 2.24) is 4.98 Å². The van der Waals surface area contributed by atoms with Gasteiger partial charge in [-0.25, -0.2) is 4.79 Å². The molecule has 1 heterocycles. The first kappa shape index (κ1) is 8.59. The Morgan fingerprint density at radius 2 is 2.50 bits per heavy atom. The molecule has 3 heteroatoms. The molecule has 1 aromatic rings. The normalized spacial score (nSPS) is 9.42. The van der Waals surface area contributed by atoms with Gasteiger partial charge in [0.05, 0.1) is 7.11 Å². The van der Waals surface area contributed by atoms with Crippen molar-refractivity contribution in [1.29, 1.82) is 0 Å². The number of esters is 1. The smallest absolute Gasteiger partial charge is 0.354 e. The van der Waals surface area contributed by atoms with E-state index in [2.05, 4.69) is 16.3 Å². The molecular formula is C9H11NO2. The van der Waals surface area contributed by atoms with Crippen LogP contribution in [0.2, 0.25) is 0 Å². The number of ether oxygens (including phenoxy) is 1. The number of hydrogen-bond acceptors (Lipinski definition) is 2. The van der Waals surface area contributed by atoms with Gasteiger partial charge >= 0.3 is 5.97 Å². The fourth-order valence-electron chi connectivity index (χ4n) is 0.944. The maximum absolute atomic E-state index is 11.0. The van der Waals surface area contributed by atoms with Crippen LogP contribution >= 0.6 is 0 Å². The lowest BCUT2D eigenvalue weighted by molar-refractivity contribution is 0.0594. The largest absolute Gasteiger partial charge is 0.464 e. The molecule has 0 aliphatic rings. The molecule has 1 N–H and O–H groups in total. The minimum Gasteiger partial charge on any atom is -0.464 e. The SMILES string of the molecule is C=CCc1ccc(C(=O)OC)[nH]1. The topological polar surface area (TPSA) is 42.1 Å². The van der Waals surface area contributed by atoms with Crippen LogP contribution in [0.15, 0.2) is 24.8 Å². The quantitative estimate of drug-likeness (QED) is 0.545. The third kappa shape index (κ3) is 1.75. The number of nitrogens with one attached hydrogen (secondary N) is 1. The van der Waals surface area contributed by atoms with Gasteiger partial charge in [0.15, 0.2) is 0 Å². The Hall–Kier alpha value is -1.51. The highest BCUT2D eigenvalue weighted by Crippen LogP contribution is 2.03. The van der Waals surface area contributed by atoms with Crippen LogP contribution in [0.4, 0.5) is 0 Å². The van der Waals surface area contributed by atoms with E-state index in [4.69, 9.17) is 0 Å². The number of aromatic nitrogens is 1. The van der Waals surface area contributed by atoms with Gasteiger partial charge in [0.2, 0.25) is 0 Å². The van der Waals surface area contributed by atoms with Gasteiger partial charge in [-0.3, -0.25) is 0 Å². The Morgan fingerprint density at radius 1 is 1.75 bits per heavy atom. The second-order valence-corrected chi connectivity index (χ2v) is 2.38. The van der Waals surface area contributed by atoms with Crippen LogP contribution in [0, 0.1) is 0 Å². The summed E-state index contributed by atoms with van der Waals surface area (Å²) in [6, 6.07) is 3.54. The lowest BCUT2D eigenvalue weighted by Gasteiger charge is -1.93. The summed E-state index contributed by atoms with van der Waals surface area (Å²) in [7, 11) is 1.36. The summed E-state index contributed by atoms with van der Waals surface area (Å²) < 4.78 is 4.53. The third-order valence-electron chi connectivity index (χ3n) is 1.52. The van der Waals surface area contributed by atoms with E-state index in [-0.39, 0.29) is 5.97 Å². The average Bonchev–Trinajstić information content (AvgIpc) is 2.52. The van der Waals surface area contributed by atoms with E-state index >= 15 is 0 Å². The number of methoxy groups -OCH3 is 1. The number of rotatable bonds is 3. The molecule has 0 aliphatic heterocycles. The molecule has 0 saturated heterocycles. The molecule has 3 nitrogen and oxygen atoms in total. The van der Waals surface area contributed by atoms with Crippen molar-refractivity contribution in [3.8, 4) is 0 Å². The van der Waals surface area contributed by atoms with Crippen molar-refractivity contribution in [3.63, 3.8) is 0 Å². The Labute approximate surface area is 71.1 Å². The van der Waals surface area contributed by atoms with Crippen LogP contribution < -0.4 is 0 Å². The molecule has 64 valence electrons. The number of aromatic amines is 1. The minimum atomic E-state index is -0.342. The van der Waals surface area contributed by atoms with Gasteiger partial charge in [-0.15, -0.1) is 6.58 Å². The van der Waals surface area contributed by atoms with Crippen LogP contribution in [0.3, 0.4) is 0 Å². The van der Waals surface area contributed by atoms with E-state index in [0.29, 0.717) is 5.69 Å². The van der Waals surface area contributed by atoms with E-state index in [9.17, 15) is 4.79 Å². The molecule has 12 heavy (non-hydrogen) atoms. The molecular weight excluding hydrogens is 154 g/mol. The van der Waals surface area contributed by atoms with Gasteiger partial charge in [-0.1, -0.05) is 6.08 Å². The first-order valence-electron chi connectivity index (χ1n) is 3.65. The fourth-order valence-corrected chi connectivity index (χ4v) is 0.944. The molecule has 0 saturated carbocycles. The van der Waals surface area contributed by atoms with E-state index < -0.39 is 0 Å². The first-order valence-corrected chi connectivity index (χ1v) is 3.65. The Kier molecular flexibility index (Phi) is 2.69. The Balaban J connectivity index is 2.76. The van der Waals surface area contributed by atoms with Crippen LogP contribution in [0.1, 0.15) is 16.2 Å². The summed E-state index contributed by atoms with van der Waals surface area (Å²) in [5.74, 6) is -0.342. The van der Waals surface area contributed by atoms with Crippen molar-refractivity contribution < 1.29 is 9.53 Å². The highest BCUT2D eigenvalue weighted by Gasteiger charge is 2.06. The summed E-state index contributed by atoms with van der Waals surface area (Å²) in [4.78, 5) is 13.9. The Morgan fingerprint density at radius 3 is 3.08 bits per heavy atom. The molecule has 0 radical (unpaired) electrons. The maximum Gasteiger partial charge on any atom is 0.354 e. The zero-order valence-corrected chi connectivity index (χ0v) is 6.96. The number of hydrogen-bond donors (Lipinski definition) is 1. The number of H-pyrrole nitrogens is 1. The monoisotopic (exact) mass is 165 g/mol. The van der Waals surface area contributed by atoms with Gasteiger partial charge in [-0.2, -0.15) is 0 Å². The summed E-state index contributed by atoms with van der Waals surface area (Å²) >= 11 is 0. The average molecular weight is 165 g/mol. The minimum absolute atomic E-state index is 0.342. The Bertz CT molecular complexity index is 288. The predicted octanol–water partition coefficient (Wildman–Crippen LogP) is 1.53. The molecule has 0 aromatic carbocycles. The number of allylic oxidation sites excluding steroid dienone is 1. The highest BCUT2D eigenvalue weighted by molar-refractivity contribution is 5.87. The maximum atomic E-state index is 11.0. The van der Waals surface area contributed by atoms with E-state index in [1.165, 1.54) is 7.11 Å². The molecule has 0 spiro atoms. The molecule has 1 aromatic heterocycles. The van der Waals surface area contributed by atoms with E-state index in [0.717, 1.165) is 12.1 Å². The first-order chi connectivity index (χ1) is 5.77. The van der Waals surface area contributed by atoms with Gasteiger partial charge in [0.1, 0.15) is 5.69 Å². The van der Waals surface area contributed by atoms with Gasteiger partial charge in [-0.05, 0) is 12.1 Å². The fraction of sp³-hybridized carbons (Fsp3) is 0.222. The van der Waals surface area contributed by atoms with E-state index in [1.54, 1.807) is 12.1 Å². The zero-order valence-electron chi connectivity index (χ0n) is 6.96. The summed E-state index contributed by atoms with van der Waals surface area (Å²) in [5.41, 5.74) is 1.44. The second-order valence-electron chi connectivity index (χ2n) is 2.38. The standard InChI is InChI=1S/C9H11NO2/c1-3-4-7-5-6-8(10-7)9(11)12-2/h3,5-6,10H,1,4H2,2H3. The lowest BCUT2D eigenvalue weighted by atomic mass is 10.3. The predicted molar refractivity (Wildman–Crippen MR) is 46.0 cm³/mol. The van der Waals surface area contributed by atoms with Gasteiger partial charge in [0, 0.05) is 12.1 Å². The zero-order chi connectivity index (χ0) is 8.97. The van der Waals surface area contributed by atoms with E-state index in [1.807, 2.05) is 6.07 Å². The van der Waals surface area contributed by atoms with Crippen molar-refractivity contribution in [3.05, 3.63) is 36.2 Å². The van der Waals surface area contributed by atoms with Crippen molar-refractivity contribution in [2.45, 2.75) is 6.42 Å². The molecule has 0 unspecified atom stereocenters. The number of carbonyl (C=O) groups is 1. The van der Waals surface area contributed by atoms with Crippen LogP contribution in [-0.2, 0) is 11.2 Å². The van der Waals surface area contributed by atoms with Gasteiger partial charge in [0.25, 0.3) is 0 Å². The summed E-state index contributed by atoms with van der Waals surface area (Å²) in [5, 5.41) is 0. The molecule has 1 rings (SSSR count). The highest BCUT2D eigenvalue weighted by atomic mass is 16.5. The molecule has 0 amide bonds. The van der Waals surface area contributed by atoms with Crippen molar-refractivity contribution in [2.24, 2.45) is 0 Å². The van der Waals surface area contributed by atoms with Gasteiger partial charge < -0.3 is 9.72 Å².